The second-order valence-corrected chi connectivity index (χ2v) is 1.21. The summed E-state index contributed by atoms with van der Waals surface area (Å²) in [5.74, 6) is -8.09. The van der Waals surface area contributed by atoms with Crippen molar-refractivity contribution in [3.63, 3.8) is 0 Å². The molecule has 10 heavy (non-hydrogen) atoms. The molecule has 0 rings (SSSR count). The fraction of sp³-hybridized carbons (Fsp3) is 0.667. The number of carbonyl (C=O) groups is 1. The van der Waals surface area contributed by atoms with Gasteiger partial charge >= 0.3 is 41.9 Å². The molecule has 0 aromatic heterocycles. The molecule has 0 aliphatic carbocycles. The Morgan fingerprint density at radius 2 is 1.70 bits per heavy atom. The molecule has 2 nitrogen and oxygen atoms in total. The number of hydrogen-bond acceptors (Lipinski definition) is 2. The van der Waals surface area contributed by atoms with Crippen LogP contribution in [0.25, 0.3) is 0 Å². The number of aliphatic carboxylic acids is 1. The number of hydrogen-bond donors (Lipinski definition) is 0. The summed E-state index contributed by atoms with van der Waals surface area (Å²) in [5, 5.41) is 9.12. The van der Waals surface area contributed by atoms with Gasteiger partial charge in [-0.2, -0.15) is 8.78 Å². The van der Waals surface area contributed by atoms with Crippen LogP contribution in [0.4, 0.5) is 17.6 Å². The summed E-state index contributed by atoms with van der Waals surface area (Å²) in [7, 11) is 0. The first-order chi connectivity index (χ1) is 3.89. The summed E-state index contributed by atoms with van der Waals surface area (Å²) >= 11 is 0. The third kappa shape index (κ3) is 2.85. The van der Waals surface area contributed by atoms with Crippen molar-refractivity contribution in [2.45, 2.75) is 12.3 Å². The number of rotatable bonds is 2. The van der Waals surface area contributed by atoms with Gasteiger partial charge in [0.05, 0.1) is 0 Å². The van der Waals surface area contributed by atoms with E-state index in [1.54, 1.807) is 0 Å². The van der Waals surface area contributed by atoms with Crippen LogP contribution in [-0.2, 0) is 4.79 Å². The minimum Gasteiger partial charge on any atom is -0.544 e. The smallest absolute Gasteiger partial charge is 0.544 e. The van der Waals surface area contributed by atoms with Crippen LogP contribution >= 0.6 is 0 Å². The maximum atomic E-state index is 11.3. The van der Waals surface area contributed by atoms with Crippen LogP contribution in [0.3, 0.4) is 0 Å². The van der Waals surface area contributed by atoms with Gasteiger partial charge in [0.25, 0.3) is 0 Å². The fourth-order valence-corrected chi connectivity index (χ4v) is 0.0891. The molecule has 0 aliphatic rings. The quantitative estimate of drug-likeness (QED) is 0.319. The van der Waals surface area contributed by atoms with Gasteiger partial charge in [0, 0.05) is 0 Å². The zero-order valence-electron chi connectivity index (χ0n) is 4.91. The molecule has 0 fully saturated rings. The average molecular weight is 168 g/mol. The Morgan fingerprint density at radius 1 is 1.40 bits per heavy atom. The number of halogens is 4. The molecule has 0 aliphatic heterocycles. The standard InChI is InChI=1S/C3H2F4O2.Na/c4-1(5)3(6,7)2(8)9;/h1H,(H,8,9);/q;+1/p-1. The Morgan fingerprint density at radius 3 is 1.70 bits per heavy atom. The van der Waals surface area contributed by atoms with Gasteiger partial charge in [-0.3, -0.25) is 0 Å². The van der Waals surface area contributed by atoms with Gasteiger partial charge in [-0.05, 0) is 0 Å². The minimum atomic E-state index is -5.03. The Hall–Kier alpha value is 0.190. The first kappa shape index (κ1) is 12.8. The van der Waals surface area contributed by atoms with Crippen LogP contribution < -0.4 is 34.7 Å². The van der Waals surface area contributed by atoms with Crippen molar-refractivity contribution in [1.82, 2.24) is 0 Å². The number of carbonyl (C=O) groups excluding carboxylic acids is 1. The summed E-state index contributed by atoms with van der Waals surface area (Å²) in [5.41, 5.74) is 0. The van der Waals surface area contributed by atoms with E-state index in [1.807, 2.05) is 0 Å². The van der Waals surface area contributed by atoms with Gasteiger partial charge in [-0.15, -0.1) is 0 Å². The Kier molecular flexibility index (Phi) is 5.32. The van der Waals surface area contributed by atoms with E-state index in [0.29, 0.717) is 0 Å². The van der Waals surface area contributed by atoms with Crippen molar-refractivity contribution in [2.24, 2.45) is 0 Å². The molecule has 0 N–H and O–H groups in total. The molecule has 0 heterocycles. The first-order valence-electron chi connectivity index (χ1n) is 1.76. The zero-order chi connectivity index (χ0) is 7.65. The molecule has 0 saturated carbocycles. The normalized spacial score (nSPS) is 10.9. The Balaban J connectivity index is 0. The van der Waals surface area contributed by atoms with Gasteiger partial charge < -0.3 is 9.90 Å². The van der Waals surface area contributed by atoms with Crippen LogP contribution in [0, 0.1) is 0 Å². The van der Waals surface area contributed by atoms with E-state index in [2.05, 4.69) is 0 Å². The van der Waals surface area contributed by atoms with Crippen LogP contribution in [0.15, 0.2) is 0 Å². The topological polar surface area (TPSA) is 40.1 Å². The number of carboxylic acids is 1. The van der Waals surface area contributed by atoms with E-state index >= 15 is 0 Å². The summed E-state index contributed by atoms with van der Waals surface area (Å²) in [6.45, 7) is 0. The predicted octanol–water partition coefficient (Wildman–Crippen LogP) is -3.36. The van der Waals surface area contributed by atoms with Crippen LogP contribution in [-0.4, -0.2) is 18.3 Å². The fourth-order valence-electron chi connectivity index (χ4n) is 0.0891. The van der Waals surface area contributed by atoms with Crippen molar-refractivity contribution in [3.05, 3.63) is 0 Å². The van der Waals surface area contributed by atoms with E-state index in [9.17, 15) is 17.6 Å². The van der Waals surface area contributed by atoms with E-state index in [-0.39, 0.29) is 29.6 Å². The molecule has 0 aromatic rings. The van der Waals surface area contributed by atoms with Crippen molar-refractivity contribution < 1.29 is 57.0 Å². The van der Waals surface area contributed by atoms with E-state index in [4.69, 9.17) is 9.90 Å². The molecule has 0 atom stereocenters. The van der Waals surface area contributed by atoms with E-state index in [0.717, 1.165) is 0 Å². The van der Waals surface area contributed by atoms with Crippen molar-refractivity contribution in [2.75, 3.05) is 0 Å². The van der Waals surface area contributed by atoms with E-state index < -0.39 is 18.3 Å². The van der Waals surface area contributed by atoms with Gasteiger partial charge in [-0.1, -0.05) is 0 Å². The zero-order valence-corrected chi connectivity index (χ0v) is 6.91. The molecular weight excluding hydrogens is 167 g/mol. The molecule has 0 aromatic carbocycles. The molecular formula is C3HF4NaO2. The summed E-state index contributed by atoms with van der Waals surface area (Å²) in [4.78, 5) is 9.12. The van der Waals surface area contributed by atoms with Gasteiger partial charge in [0.15, 0.2) is 0 Å². The molecule has 54 valence electrons. The summed E-state index contributed by atoms with van der Waals surface area (Å²) in [6, 6.07) is 0. The number of carboxylic acid groups (broad SMARTS) is 1. The first-order valence-corrected chi connectivity index (χ1v) is 1.76. The molecule has 0 radical (unpaired) electrons. The van der Waals surface area contributed by atoms with Crippen molar-refractivity contribution in [3.8, 4) is 0 Å². The van der Waals surface area contributed by atoms with Crippen molar-refractivity contribution in [1.29, 1.82) is 0 Å². The molecule has 0 bridgehead atoms. The van der Waals surface area contributed by atoms with Crippen LogP contribution in [0.2, 0.25) is 0 Å². The monoisotopic (exact) mass is 168 g/mol. The summed E-state index contributed by atoms with van der Waals surface area (Å²) in [6.07, 6.45) is -4.21. The van der Waals surface area contributed by atoms with Gasteiger partial charge in [-0.25, -0.2) is 8.78 Å². The molecule has 0 saturated heterocycles. The molecule has 0 amide bonds. The third-order valence-corrected chi connectivity index (χ3v) is 0.546. The van der Waals surface area contributed by atoms with Crippen LogP contribution in [0.1, 0.15) is 0 Å². The third-order valence-electron chi connectivity index (χ3n) is 0.546. The van der Waals surface area contributed by atoms with Gasteiger partial charge in [0.2, 0.25) is 0 Å². The molecule has 0 unspecified atom stereocenters. The van der Waals surface area contributed by atoms with Gasteiger partial charge in [0.1, 0.15) is 5.97 Å². The molecule has 7 heteroatoms. The molecule has 0 spiro atoms. The maximum absolute atomic E-state index is 11.3. The largest absolute Gasteiger partial charge is 1.00 e. The van der Waals surface area contributed by atoms with Crippen molar-refractivity contribution >= 4 is 5.97 Å². The van der Waals surface area contributed by atoms with E-state index in [1.165, 1.54) is 0 Å². The number of alkyl halides is 4. The Labute approximate surface area is 75.5 Å². The predicted molar refractivity (Wildman–Crippen MR) is 16.0 cm³/mol. The Bertz CT molecular complexity index is 126. The average Bonchev–Trinajstić information content (AvgIpc) is 1.65. The van der Waals surface area contributed by atoms with Crippen LogP contribution in [0.5, 0.6) is 0 Å². The summed E-state index contributed by atoms with van der Waals surface area (Å²) < 4.78 is 44.3. The second kappa shape index (κ2) is 4.15. The minimum absolute atomic E-state index is 0. The maximum Gasteiger partial charge on any atom is 1.00 e. The SMILES string of the molecule is O=C([O-])C(F)(F)C(F)F.[Na+]. The second-order valence-electron chi connectivity index (χ2n) is 1.21.